The van der Waals surface area contributed by atoms with Crippen molar-refractivity contribution in [3.05, 3.63) is 35.6 Å². The summed E-state index contributed by atoms with van der Waals surface area (Å²) >= 11 is 0. The van der Waals surface area contributed by atoms with Crippen molar-refractivity contribution < 1.29 is 28.3 Å². The van der Waals surface area contributed by atoms with Gasteiger partial charge < -0.3 is 19.2 Å². The molecule has 0 saturated carbocycles. The molecule has 26 heavy (non-hydrogen) atoms. The van der Waals surface area contributed by atoms with E-state index in [4.69, 9.17) is 13.9 Å². The quantitative estimate of drug-likeness (QED) is 0.762. The van der Waals surface area contributed by atoms with Crippen LogP contribution in [-0.2, 0) is 19.1 Å². The second-order valence-corrected chi connectivity index (χ2v) is 6.08. The molecule has 0 aliphatic rings. The van der Waals surface area contributed by atoms with E-state index in [9.17, 15) is 14.4 Å². The van der Waals surface area contributed by atoms with Gasteiger partial charge in [0.05, 0.1) is 7.11 Å². The second-order valence-electron chi connectivity index (χ2n) is 6.08. The normalized spacial score (nSPS) is 13.1. The van der Waals surface area contributed by atoms with E-state index in [1.807, 2.05) is 26.0 Å². The Bertz CT molecular complexity index is 809. The predicted molar refractivity (Wildman–Crippen MR) is 94.6 cm³/mol. The molecule has 1 heterocycles. The van der Waals surface area contributed by atoms with Crippen molar-refractivity contribution in [2.45, 2.75) is 33.2 Å². The molecule has 7 nitrogen and oxygen atoms in total. The fraction of sp³-hybridized carbons (Fsp3) is 0.421. The Hall–Kier alpha value is -2.83. The van der Waals surface area contributed by atoms with Crippen LogP contribution in [0.2, 0.25) is 0 Å². The first-order chi connectivity index (χ1) is 12.4. The Morgan fingerprint density at radius 1 is 1.23 bits per heavy atom. The van der Waals surface area contributed by atoms with Crippen LogP contribution < -0.4 is 5.32 Å². The van der Waals surface area contributed by atoms with Gasteiger partial charge in [0.2, 0.25) is 5.76 Å². The number of methoxy groups -OCH3 is 1. The molecule has 1 N–H and O–H groups in total. The van der Waals surface area contributed by atoms with Crippen LogP contribution in [0.3, 0.4) is 0 Å². The van der Waals surface area contributed by atoms with Crippen LogP contribution in [-0.4, -0.2) is 37.6 Å². The first-order valence-electron chi connectivity index (χ1n) is 8.41. The Labute approximate surface area is 151 Å². The lowest BCUT2D eigenvalue weighted by molar-refractivity contribution is -0.147. The number of nitrogens with one attached hydrogen (secondary N) is 1. The first-order valence-corrected chi connectivity index (χ1v) is 8.41. The van der Waals surface area contributed by atoms with Crippen molar-refractivity contribution in [2.24, 2.45) is 5.92 Å². The number of furan rings is 1. The average molecular weight is 361 g/mol. The molecule has 7 heteroatoms. The zero-order chi connectivity index (χ0) is 19.3. The van der Waals surface area contributed by atoms with Gasteiger partial charge >= 0.3 is 11.9 Å². The Balaban J connectivity index is 2.00. The number of amides is 1. The van der Waals surface area contributed by atoms with Gasteiger partial charge in [-0.3, -0.25) is 4.79 Å². The van der Waals surface area contributed by atoms with Gasteiger partial charge in [0.25, 0.3) is 5.91 Å². The minimum Gasteiger partial charge on any atom is -0.467 e. The zero-order valence-corrected chi connectivity index (χ0v) is 15.3. The lowest BCUT2D eigenvalue weighted by Gasteiger charge is -2.21. The number of rotatable bonds is 7. The number of para-hydroxylation sites is 1. The largest absolute Gasteiger partial charge is 0.467 e. The van der Waals surface area contributed by atoms with Crippen LogP contribution in [0, 0.1) is 12.8 Å². The number of benzene rings is 1. The molecule has 2 aromatic rings. The second kappa shape index (κ2) is 8.51. The molecule has 140 valence electrons. The summed E-state index contributed by atoms with van der Waals surface area (Å²) in [6, 6.07) is 6.44. The molecule has 0 fully saturated rings. The third kappa shape index (κ3) is 4.22. The Morgan fingerprint density at radius 2 is 1.92 bits per heavy atom. The molecular weight excluding hydrogens is 338 g/mol. The number of hydrogen-bond acceptors (Lipinski definition) is 6. The molecular formula is C19H23NO6. The zero-order valence-electron chi connectivity index (χ0n) is 15.3. The van der Waals surface area contributed by atoms with E-state index >= 15 is 0 Å². The molecule has 0 saturated heterocycles. The minimum atomic E-state index is -0.788. The molecule has 0 unspecified atom stereocenters. The third-order valence-corrected chi connectivity index (χ3v) is 4.35. The van der Waals surface area contributed by atoms with Gasteiger partial charge in [0.15, 0.2) is 6.61 Å². The number of hydrogen-bond donors (Lipinski definition) is 1. The third-order valence-electron chi connectivity index (χ3n) is 4.35. The number of carbonyl (C=O) groups is 3. The van der Waals surface area contributed by atoms with Crippen molar-refractivity contribution in [1.29, 1.82) is 0 Å². The van der Waals surface area contributed by atoms with E-state index in [2.05, 4.69) is 5.32 Å². The van der Waals surface area contributed by atoms with Gasteiger partial charge in [-0.15, -0.1) is 0 Å². The van der Waals surface area contributed by atoms with E-state index in [-0.39, 0.29) is 11.7 Å². The summed E-state index contributed by atoms with van der Waals surface area (Å²) < 4.78 is 15.2. The van der Waals surface area contributed by atoms with E-state index < -0.39 is 30.5 Å². The van der Waals surface area contributed by atoms with Crippen molar-refractivity contribution in [1.82, 2.24) is 5.32 Å². The van der Waals surface area contributed by atoms with Crippen LogP contribution in [0.15, 0.2) is 28.7 Å². The summed E-state index contributed by atoms with van der Waals surface area (Å²) in [5.41, 5.74) is 1.22. The summed E-state index contributed by atoms with van der Waals surface area (Å²) in [4.78, 5) is 36.1. The Morgan fingerprint density at radius 3 is 2.54 bits per heavy atom. The van der Waals surface area contributed by atoms with Gasteiger partial charge in [0.1, 0.15) is 11.6 Å². The number of carbonyl (C=O) groups excluding carboxylic acids is 3. The fourth-order valence-electron chi connectivity index (χ4n) is 2.58. The topological polar surface area (TPSA) is 94.8 Å². The van der Waals surface area contributed by atoms with Gasteiger partial charge in [-0.05, 0) is 18.9 Å². The molecule has 2 rings (SSSR count). The van der Waals surface area contributed by atoms with Crippen molar-refractivity contribution in [3.63, 3.8) is 0 Å². The van der Waals surface area contributed by atoms with E-state index in [0.717, 1.165) is 5.39 Å². The lowest BCUT2D eigenvalue weighted by atomic mass is 9.99. The van der Waals surface area contributed by atoms with Crippen molar-refractivity contribution >= 4 is 28.8 Å². The van der Waals surface area contributed by atoms with Gasteiger partial charge in [-0.2, -0.15) is 0 Å². The lowest BCUT2D eigenvalue weighted by Crippen LogP contribution is -2.47. The van der Waals surface area contributed by atoms with Crippen LogP contribution >= 0.6 is 0 Å². The van der Waals surface area contributed by atoms with Gasteiger partial charge in [-0.1, -0.05) is 38.5 Å². The molecule has 0 bridgehead atoms. The highest BCUT2D eigenvalue weighted by Crippen LogP contribution is 2.25. The van der Waals surface area contributed by atoms with Crippen LogP contribution in [0.25, 0.3) is 11.0 Å². The Kier molecular flexibility index (Phi) is 6.38. The molecule has 2 atom stereocenters. The fourth-order valence-corrected chi connectivity index (χ4v) is 2.58. The van der Waals surface area contributed by atoms with E-state index in [1.165, 1.54) is 7.11 Å². The molecule has 0 radical (unpaired) electrons. The maximum atomic E-state index is 12.2. The van der Waals surface area contributed by atoms with Gasteiger partial charge in [0, 0.05) is 10.9 Å². The van der Waals surface area contributed by atoms with Gasteiger partial charge in [-0.25, -0.2) is 9.59 Å². The van der Waals surface area contributed by atoms with E-state index in [0.29, 0.717) is 17.6 Å². The highest BCUT2D eigenvalue weighted by atomic mass is 16.5. The smallest absolute Gasteiger partial charge is 0.375 e. The highest BCUT2D eigenvalue weighted by Gasteiger charge is 2.27. The average Bonchev–Trinajstić information content (AvgIpc) is 3.00. The van der Waals surface area contributed by atoms with Crippen LogP contribution in [0.1, 0.15) is 36.4 Å². The minimum absolute atomic E-state index is 0.0606. The SMILES string of the molecule is CC[C@@H](C)[C@@H](NC(=O)COC(=O)c1oc2ccccc2c1C)C(=O)OC. The standard InChI is InChI=1S/C19H23NO6/c1-5-11(2)16(18(22)24-4)20-15(21)10-25-19(23)17-12(3)13-8-6-7-9-14(13)26-17/h6-9,11,16H,5,10H2,1-4H3,(H,20,21)/t11-,16-/m1/s1. The summed E-state index contributed by atoms with van der Waals surface area (Å²) in [6.45, 7) is 4.96. The van der Waals surface area contributed by atoms with E-state index in [1.54, 1.807) is 19.1 Å². The summed E-state index contributed by atoms with van der Waals surface area (Å²) in [5.74, 6) is -1.90. The molecule has 1 amide bonds. The van der Waals surface area contributed by atoms with Crippen LogP contribution in [0.4, 0.5) is 0 Å². The first kappa shape index (κ1) is 19.5. The summed E-state index contributed by atoms with van der Waals surface area (Å²) in [5, 5.41) is 3.36. The highest BCUT2D eigenvalue weighted by molar-refractivity contribution is 5.97. The molecule has 1 aromatic carbocycles. The van der Waals surface area contributed by atoms with Crippen molar-refractivity contribution in [3.8, 4) is 0 Å². The maximum absolute atomic E-state index is 12.2. The summed E-state index contributed by atoms with van der Waals surface area (Å²) in [6.07, 6.45) is 0.679. The summed E-state index contributed by atoms with van der Waals surface area (Å²) in [7, 11) is 1.26. The van der Waals surface area contributed by atoms with Crippen molar-refractivity contribution in [2.75, 3.05) is 13.7 Å². The predicted octanol–water partition coefficient (Wildman–Crippen LogP) is 2.60. The van der Waals surface area contributed by atoms with Crippen LogP contribution in [0.5, 0.6) is 0 Å². The monoisotopic (exact) mass is 361 g/mol. The molecule has 0 aliphatic carbocycles. The number of aryl methyl sites for hydroxylation is 1. The number of fused-ring (bicyclic) bond motifs is 1. The molecule has 0 aliphatic heterocycles. The number of ether oxygens (including phenoxy) is 2. The molecule has 0 spiro atoms. The molecule has 1 aromatic heterocycles. The number of esters is 2. The maximum Gasteiger partial charge on any atom is 0.375 e.